The lowest BCUT2D eigenvalue weighted by Gasteiger charge is -2.15. The quantitative estimate of drug-likeness (QED) is 0.838. The van der Waals surface area contributed by atoms with Crippen molar-refractivity contribution in [1.29, 1.82) is 0 Å². The Labute approximate surface area is 108 Å². The normalized spacial score (nSPS) is 24.6. The summed E-state index contributed by atoms with van der Waals surface area (Å²) >= 11 is 0. The minimum Gasteiger partial charge on any atom is -0.506 e. The number of aromatic hydroxyl groups is 1. The highest BCUT2D eigenvalue weighted by atomic mass is 35.5. The van der Waals surface area contributed by atoms with Crippen LogP contribution in [0.5, 0.6) is 5.75 Å². The van der Waals surface area contributed by atoms with Crippen molar-refractivity contribution in [3.8, 4) is 5.75 Å². The number of likely N-dealkylation sites (tertiary alicyclic amines) is 1. The van der Waals surface area contributed by atoms with Gasteiger partial charge in [-0.25, -0.2) is 0 Å². The Morgan fingerprint density at radius 1 is 1.47 bits per heavy atom. The van der Waals surface area contributed by atoms with Gasteiger partial charge in [-0.15, -0.1) is 12.4 Å². The highest BCUT2D eigenvalue weighted by Crippen LogP contribution is 2.21. The number of nitrogens with two attached hydrogens (primary N) is 1. The number of aromatic nitrogens is 1. The molecule has 0 aliphatic carbocycles. The molecule has 5 heteroatoms. The first-order valence-corrected chi connectivity index (χ1v) is 5.69. The molecule has 0 spiro atoms. The average Bonchev–Trinajstić information content (AvgIpc) is 2.52. The van der Waals surface area contributed by atoms with Crippen molar-refractivity contribution in [1.82, 2.24) is 9.88 Å². The molecule has 1 aromatic rings. The predicted octanol–water partition coefficient (Wildman–Crippen LogP) is 1.30. The van der Waals surface area contributed by atoms with Gasteiger partial charge in [0.05, 0.1) is 5.69 Å². The molecule has 0 amide bonds. The second-order valence-corrected chi connectivity index (χ2v) is 4.75. The van der Waals surface area contributed by atoms with Gasteiger partial charge >= 0.3 is 0 Å². The van der Waals surface area contributed by atoms with Crippen LogP contribution in [0.4, 0.5) is 0 Å². The first-order chi connectivity index (χ1) is 7.56. The Balaban J connectivity index is 0.00000144. The lowest BCUT2D eigenvalue weighted by Crippen LogP contribution is -2.28. The van der Waals surface area contributed by atoms with E-state index < -0.39 is 0 Å². The van der Waals surface area contributed by atoms with Crippen molar-refractivity contribution in [2.24, 2.45) is 11.7 Å². The smallest absolute Gasteiger partial charge is 0.138 e. The fourth-order valence-corrected chi connectivity index (χ4v) is 2.16. The summed E-state index contributed by atoms with van der Waals surface area (Å²) < 4.78 is 0. The van der Waals surface area contributed by atoms with Crippen molar-refractivity contribution in [2.75, 3.05) is 13.1 Å². The van der Waals surface area contributed by atoms with Crippen LogP contribution in [-0.2, 0) is 6.54 Å². The SMILES string of the molecule is Cc1ccc(O)c(CN2CC(C)C(N)C2)n1.Cl. The van der Waals surface area contributed by atoms with E-state index in [1.807, 2.05) is 13.0 Å². The second-order valence-electron chi connectivity index (χ2n) is 4.75. The molecule has 0 saturated carbocycles. The van der Waals surface area contributed by atoms with E-state index in [9.17, 15) is 5.11 Å². The molecule has 0 bridgehead atoms. The maximum atomic E-state index is 9.71. The summed E-state index contributed by atoms with van der Waals surface area (Å²) in [7, 11) is 0. The average molecular weight is 258 g/mol. The number of hydrogen-bond donors (Lipinski definition) is 2. The molecule has 1 saturated heterocycles. The third-order valence-corrected chi connectivity index (χ3v) is 3.21. The number of aryl methyl sites for hydroxylation is 1. The first kappa shape index (κ1) is 14.2. The molecule has 1 aromatic heterocycles. The summed E-state index contributed by atoms with van der Waals surface area (Å²) in [5.74, 6) is 0.797. The lowest BCUT2D eigenvalue weighted by molar-refractivity contribution is 0.307. The number of nitrogens with zero attached hydrogens (tertiary/aromatic N) is 2. The maximum absolute atomic E-state index is 9.71. The van der Waals surface area contributed by atoms with Gasteiger partial charge in [-0.1, -0.05) is 6.92 Å². The molecular formula is C12H20ClN3O. The van der Waals surface area contributed by atoms with Crippen LogP contribution in [0.25, 0.3) is 0 Å². The maximum Gasteiger partial charge on any atom is 0.138 e. The predicted molar refractivity (Wildman–Crippen MR) is 70.3 cm³/mol. The number of hydrogen-bond acceptors (Lipinski definition) is 4. The van der Waals surface area contributed by atoms with E-state index in [4.69, 9.17) is 5.73 Å². The molecule has 3 N–H and O–H groups in total. The Hall–Kier alpha value is -0.840. The van der Waals surface area contributed by atoms with Crippen molar-refractivity contribution in [3.05, 3.63) is 23.5 Å². The minimum absolute atomic E-state index is 0. The molecule has 17 heavy (non-hydrogen) atoms. The van der Waals surface area contributed by atoms with Crippen molar-refractivity contribution >= 4 is 12.4 Å². The molecular weight excluding hydrogens is 238 g/mol. The molecule has 2 atom stereocenters. The summed E-state index contributed by atoms with van der Waals surface area (Å²) in [5.41, 5.74) is 7.65. The molecule has 1 aliphatic rings. The molecule has 0 aromatic carbocycles. The lowest BCUT2D eigenvalue weighted by atomic mass is 10.1. The van der Waals surface area contributed by atoms with Crippen molar-refractivity contribution in [2.45, 2.75) is 26.4 Å². The Morgan fingerprint density at radius 2 is 2.18 bits per heavy atom. The molecule has 1 fully saturated rings. The summed E-state index contributed by atoms with van der Waals surface area (Å²) in [6.45, 7) is 6.65. The largest absolute Gasteiger partial charge is 0.506 e. The van der Waals surface area contributed by atoms with Crippen molar-refractivity contribution in [3.63, 3.8) is 0 Å². The van der Waals surface area contributed by atoms with E-state index in [1.165, 1.54) is 0 Å². The highest BCUT2D eigenvalue weighted by molar-refractivity contribution is 5.85. The van der Waals surface area contributed by atoms with Crippen LogP contribution < -0.4 is 5.73 Å². The second kappa shape index (κ2) is 5.67. The van der Waals surface area contributed by atoms with Gasteiger partial charge in [-0.3, -0.25) is 9.88 Å². The number of halogens is 1. The zero-order valence-corrected chi connectivity index (χ0v) is 11.1. The van der Waals surface area contributed by atoms with E-state index in [0.29, 0.717) is 12.5 Å². The van der Waals surface area contributed by atoms with Crippen LogP contribution >= 0.6 is 12.4 Å². The first-order valence-electron chi connectivity index (χ1n) is 5.69. The fraction of sp³-hybridized carbons (Fsp3) is 0.583. The van der Waals surface area contributed by atoms with Crippen LogP contribution in [0, 0.1) is 12.8 Å². The summed E-state index contributed by atoms with van der Waals surface area (Å²) in [5, 5.41) is 9.71. The van der Waals surface area contributed by atoms with Crippen molar-refractivity contribution < 1.29 is 5.11 Å². The highest BCUT2D eigenvalue weighted by Gasteiger charge is 2.27. The Morgan fingerprint density at radius 3 is 2.76 bits per heavy atom. The molecule has 96 valence electrons. The van der Waals surface area contributed by atoms with Crippen LogP contribution in [0.1, 0.15) is 18.3 Å². The van der Waals surface area contributed by atoms with E-state index >= 15 is 0 Å². The number of pyridine rings is 1. The van der Waals surface area contributed by atoms with Gasteiger partial charge in [0.1, 0.15) is 5.75 Å². The minimum atomic E-state index is 0. The van der Waals surface area contributed by atoms with Crippen LogP contribution in [0.3, 0.4) is 0 Å². The number of rotatable bonds is 2. The molecule has 1 aliphatic heterocycles. The van der Waals surface area contributed by atoms with Gasteiger partial charge in [0.2, 0.25) is 0 Å². The zero-order valence-electron chi connectivity index (χ0n) is 10.3. The summed E-state index contributed by atoms with van der Waals surface area (Å²) in [6, 6.07) is 3.76. The van der Waals surface area contributed by atoms with Crippen LogP contribution in [0.15, 0.2) is 12.1 Å². The van der Waals surface area contributed by atoms with E-state index in [0.717, 1.165) is 24.5 Å². The third kappa shape index (κ3) is 3.31. The van der Waals surface area contributed by atoms with Gasteiger partial charge < -0.3 is 10.8 Å². The topological polar surface area (TPSA) is 62.4 Å². The zero-order chi connectivity index (χ0) is 11.7. The molecule has 2 rings (SSSR count). The van der Waals surface area contributed by atoms with Gasteiger partial charge in [-0.05, 0) is 25.0 Å². The van der Waals surface area contributed by atoms with Crippen LogP contribution in [-0.4, -0.2) is 34.1 Å². The summed E-state index contributed by atoms with van der Waals surface area (Å²) in [6.07, 6.45) is 0. The third-order valence-electron chi connectivity index (χ3n) is 3.21. The monoisotopic (exact) mass is 257 g/mol. The molecule has 4 nitrogen and oxygen atoms in total. The van der Waals surface area contributed by atoms with Gasteiger partial charge in [0.25, 0.3) is 0 Å². The molecule has 0 radical (unpaired) electrons. The van der Waals surface area contributed by atoms with Crippen LogP contribution in [0.2, 0.25) is 0 Å². The fourth-order valence-electron chi connectivity index (χ4n) is 2.16. The molecule has 2 heterocycles. The van der Waals surface area contributed by atoms with E-state index in [1.54, 1.807) is 6.07 Å². The summed E-state index contributed by atoms with van der Waals surface area (Å²) in [4.78, 5) is 6.60. The van der Waals surface area contributed by atoms with E-state index in [2.05, 4.69) is 16.8 Å². The van der Waals surface area contributed by atoms with E-state index in [-0.39, 0.29) is 24.2 Å². The molecule has 2 unspecified atom stereocenters. The Bertz CT molecular complexity index is 376. The van der Waals surface area contributed by atoms with Gasteiger partial charge in [0, 0.05) is 31.4 Å². The standard InChI is InChI=1S/C12H19N3O.ClH/c1-8-5-15(6-10(8)13)7-11-12(16)4-3-9(2)14-11;/h3-4,8,10,16H,5-7,13H2,1-2H3;1H. The van der Waals surface area contributed by atoms with Gasteiger partial charge in [0.15, 0.2) is 0 Å². The van der Waals surface area contributed by atoms with Gasteiger partial charge in [-0.2, -0.15) is 0 Å². The Kier molecular flexibility index (Phi) is 4.74.